The standard InChI is InChI=1S/C14H10BrClO.C14H12Cl.Li/c1-9-2-4-10(5-3-9)14(17)12-8-11(15)6-7-13(12)16;1-11-6-8-12(9-7-11)10-13-4-2-3-5-14(13)15;/h2-8H,1H3;3-9H,10H2,1H3;/q;-1;+1. The molecule has 33 heavy (non-hydrogen) atoms. The number of rotatable bonds is 4. The summed E-state index contributed by atoms with van der Waals surface area (Å²) in [5.41, 5.74) is 5.98. The topological polar surface area (TPSA) is 17.1 Å². The van der Waals surface area contributed by atoms with E-state index in [1.165, 1.54) is 11.1 Å². The second-order valence-electron chi connectivity index (χ2n) is 7.50. The average Bonchev–Trinajstić information content (AvgIpc) is 2.79. The molecule has 0 aliphatic rings. The normalized spacial score (nSPS) is 9.97. The number of hydrogen-bond acceptors (Lipinski definition) is 1. The van der Waals surface area contributed by atoms with Gasteiger partial charge in [0.25, 0.3) is 0 Å². The summed E-state index contributed by atoms with van der Waals surface area (Å²) in [4.78, 5) is 12.2. The van der Waals surface area contributed by atoms with Crippen LogP contribution in [0.3, 0.4) is 0 Å². The van der Waals surface area contributed by atoms with Crippen molar-refractivity contribution < 1.29 is 23.7 Å². The Morgan fingerprint density at radius 1 is 0.848 bits per heavy atom. The quantitative estimate of drug-likeness (QED) is 0.188. The van der Waals surface area contributed by atoms with Crippen molar-refractivity contribution in [1.82, 2.24) is 0 Å². The predicted molar refractivity (Wildman–Crippen MR) is 138 cm³/mol. The van der Waals surface area contributed by atoms with Crippen molar-refractivity contribution in [2.45, 2.75) is 20.3 Å². The van der Waals surface area contributed by atoms with Crippen LogP contribution < -0.4 is 18.9 Å². The van der Waals surface area contributed by atoms with Gasteiger partial charge < -0.3 is 0 Å². The Hall–Kier alpha value is -1.79. The van der Waals surface area contributed by atoms with Gasteiger partial charge in [-0.25, -0.2) is 0 Å². The van der Waals surface area contributed by atoms with E-state index in [1.807, 2.05) is 55.5 Å². The van der Waals surface area contributed by atoms with Gasteiger partial charge in [0.2, 0.25) is 0 Å². The van der Waals surface area contributed by atoms with Gasteiger partial charge in [-0.2, -0.15) is 24.3 Å². The van der Waals surface area contributed by atoms with E-state index in [-0.39, 0.29) is 24.6 Å². The fourth-order valence-corrected chi connectivity index (χ4v) is 3.79. The van der Waals surface area contributed by atoms with Crippen LogP contribution in [-0.4, -0.2) is 5.78 Å². The van der Waals surface area contributed by atoms with E-state index >= 15 is 0 Å². The summed E-state index contributed by atoms with van der Waals surface area (Å²) < 4.78 is 0.845. The van der Waals surface area contributed by atoms with Gasteiger partial charge in [0.05, 0.1) is 5.02 Å². The zero-order valence-electron chi connectivity index (χ0n) is 18.8. The first-order chi connectivity index (χ1) is 15.3. The van der Waals surface area contributed by atoms with Crippen LogP contribution in [0.25, 0.3) is 0 Å². The summed E-state index contributed by atoms with van der Waals surface area (Å²) in [5, 5.41) is 1.29. The number of ketones is 1. The largest absolute Gasteiger partial charge is 1.00 e. The van der Waals surface area contributed by atoms with E-state index in [1.54, 1.807) is 12.1 Å². The zero-order valence-corrected chi connectivity index (χ0v) is 21.9. The van der Waals surface area contributed by atoms with Crippen LogP contribution in [0.5, 0.6) is 0 Å². The first-order valence-corrected chi connectivity index (χ1v) is 11.6. The molecule has 0 aromatic heterocycles. The second kappa shape index (κ2) is 13.2. The maximum atomic E-state index is 12.2. The van der Waals surface area contributed by atoms with Crippen LogP contribution in [-0.2, 0) is 6.42 Å². The van der Waals surface area contributed by atoms with Crippen LogP contribution in [0.15, 0.2) is 89.4 Å². The Balaban J connectivity index is 0.000000228. The molecule has 0 atom stereocenters. The summed E-state index contributed by atoms with van der Waals surface area (Å²) >= 11 is 15.5. The first kappa shape index (κ1) is 27.5. The summed E-state index contributed by atoms with van der Waals surface area (Å²) in [6.07, 6.45) is 0.871. The average molecular weight is 532 g/mol. The van der Waals surface area contributed by atoms with Crippen molar-refractivity contribution in [1.29, 1.82) is 0 Å². The monoisotopic (exact) mass is 530 g/mol. The van der Waals surface area contributed by atoms with Crippen molar-refractivity contribution in [3.05, 3.63) is 139 Å². The third kappa shape index (κ3) is 8.18. The van der Waals surface area contributed by atoms with Gasteiger partial charge in [0.1, 0.15) is 0 Å². The molecule has 0 amide bonds. The van der Waals surface area contributed by atoms with Crippen LogP contribution in [0.4, 0.5) is 0 Å². The molecule has 0 saturated heterocycles. The molecule has 0 saturated carbocycles. The first-order valence-electron chi connectivity index (χ1n) is 10.1. The van der Waals surface area contributed by atoms with Crippen molar-refractivity contribution in [3.8, 4) is 0 Å². The molecule has 0 radical (unpaired) electrons. The smallest absolute Gasteiger partial charge is 0.289 e. The van der Waals surface area contributed by atoms with Crippen LogP contribution >= 0.6 is 39.1 Å². The molecule has 0 heterocycles. The van der Waals surface area contributed by atoms with Crippen molar-refractivity contribution in [2.75, 3.05) is 0 Å². The number of carbonyl (C=O) groups is 1. The fourth-order valence-electron chi connectivity index (χ4n) is 3.04. The Morgan fingerprint density at radius 2 is 1.45 bits per heavy atom. The molecule has 4 aromatic rings. The molecular weight excluding hydrogens is 510 g/mol. The van der Waals surface area contributed by atoms with Gasteiger partial charge in [-0.1, -0.05) is 97.8 Å². The zero-order chi connectivity index (χ0) is 23.1. The Bertz CT molecular complexity index is 1210. The summed E-state index contributed by atoms with van der Waals surface area (Å²) in [6, 6.07) is 30.0. The maximum absolute atomic E-state index is 12.2. The molecule has 0 spiro atoms. The molecular formula is C28H22BrCl2LiO. The van der Waals surface area contributed by atoms with E-state index in [9.17, 15) is 4.79 Å². The molecule has 0 aliphatic heterocycles. The number of aryl methyl sites for hydroxylation is 2. The number of benzene rings is 4. The van der Waals surface area contributed by atoms with E-state index in [0.29, 0.717) is 16.1 Å². The van der Waals surface area contributed by atoms with Crippen molar-refractivity contribution in [3.63, 3.8) is 0 Å². The van der Waals surface area contributed by atoms with Crippen molar-refractivity contribution in [2.24, 2.45) is 0 Å². The van der Waals surface area contributed by atoms with Crippen LogP contribution in [0, 0.1) is 19.9 Å². The second-order valence-corrected chi connectivity index (χ2v) is 9.23. The summed E-state index contributed by atoms with van der Waals surface area (Å²) in [5.74, 6) is -0.0590. The number of halogens is 3. The fraction of sp³-hybridized carbons (Fsp3) is 0.107. The molecule has 0 bridgehead atoms. The summed E-state index contributed by atoms with van der Waals surface area (Å²) in [6.45, 7) is 4.08. The van der Waals surface area contributed by atoms with E-state index in [2.05, 4.69) is 53.2 Å². The molecule has 0 unspecified atom stereocenters. The molecule has 4 aromatic carbocycles. The maximum Gasteiger partial charge on any atom is 1.00 e. The third-order valence-electron chi connectivity index (χ3n) is 4.89. The molecule has 0 fully saturated rings. The van der Waals surface area contributed by atoms with Gasteiger partial charge in [0.15, 0.2) is 5.78 Å². The van der Waals surface area contributed by atoms with Gasteiger partial charge in [-0.15, -0.1) is 17.2 Å². The minimum absolute atomic E-state index is 0. The Kier molecular flexibility index (Phi) is 11.0. The minimum atomic E-state index is -0.0590. The van der Waals surface area contributed by atoms with E-state index in [0.717, 1.165) is 27.0 Å². The number of hydrogen-bond donors (Lipinski definition) is 0. The Morgan fingerprint density at radius 3 is 2.06 bits per heavy atom. The molecule has 1 nitrogen and oxygen atoms in total. The third-order valence-corrected chi connectivity index (χ3v) is 6.08. The van der Waals surface area contributed by atoms with E-state index in [4.69, 9.17) is 23.2 Å². The van der Waals surface area contributed by atoms with Gasteiger partial charge in [0, 0.05) is 15.6 Å². The minimum Gasteiger partial charge on any atom is -0.289 e. The Labute approximate surface area is 226 Å². The van der Waals surface area contributed by atoms with Gasteiger partial charge in [-0.05, 0) is 38.5 Å². The van der Waals surface area contributed by atoms with Gasteiger partial charge in [-0.3, -0.25) is 4.79 Å². The number of carbonyl (C=O) groups excluding carboxylic acids is 1. The van der Waals surface area contributed by atoms with Crippen LogP contribution in [0.1, 0.15) is 38.2 Å². The molecule has 0 aliphatic carbocycles. The SMILES string of the molecule is Cc1ccc(C(=O)c2cc(Br)ccc2Cl)cc1.Cc1ccc(Cc2c[c-]ccc2Cl)cc1.[Li+]. The molecule has 0 N–H and O–H groups in total. The molecule has 4 rings (SSSR count). The summed E-state index contributed by atoms with van der Waals surface area (Å²) in [7, 11) is 0. The predicted octanol–water partition coefficient (Wildman–Crippen LogP) is 5.69. The van der Waals surface area contributed by atoms with Gasteiger partial charge >= 0.3 is 18.9 Å². The van der Waals surface area contributed by atoms with E-state index < -0.39 is 0 Å². The molecule has 5 heteroatoms. The van der Waals surface area contributed by atoms with Crippen molar-refractivity contribution >= 4 is 44.9 Å². The molecule has 162 valence electrons. The van der Waals surface area contributed by atoms with Crippen LogP contribution in [0.2, 0.25) is 10.0 Å².